The van der Waals surface area contributed by atoms with Crippen molar-refractivity contribution < 1.29 is 9.53 Å². The van der Waals surface area contributed by atoms with Gasteiger partial charge < -0.3 is 15.8 Å². The number of amides is 1. The third kappa shape index (κ3) is 2.94. The molecule has 0 heterocycles. The number of methoxy groups -OCH3 is 1. The average Bonchev–Trinajstić information content (AvgIpc) is 3.11. The SMILES string of the molecule is COc1cccc(N)c1C(=O)NC(C)CC1CC1. The molecule has 1 atom stereocenters. The lowest BCUT2D eigenvalue weighted by Crippen LogP contribution is -2.33. The van der Waals surface area contributed by atoms with Crippen LogP contribution in [-0.4, -0.2) is 19.1 Å². The molecule has 0 saturated heterocycles. The Balaban J connectivity index is 2.07. The number of hydrogen-bond acceptors (Lipinski definition) is 3. The Hall–Kier alpha value is -1.71. The molecular formula is C14H20N2O2. The number of nitrogens with two attached hydrogens (primary N) is 1. The Morgan fingerprint density at radius 2 is 2.28 bits per heavy atom. The molecule has 1 fully saturated rings. The molecule has 0 radical (unpaired) electrons. The van der Waals surface area contributed by atoms with Crippen LogP contribution in [0, 0.1) is 5.92 Å². The largest absolute Gasteiger partial charge is 0.496 e. The first-order valence-corrected chi connectivity index (χ1v) is 6.35. The van der Waals surface area contributed by atoms with Gasteiger partial charge in [0.15, 0.2) is 0 Å². The third-order valence-corrected chi connectivity index (χ3v) is 3.27. The molecule has 18 heavy (non-hydrogen) atoms. The topological polar surface area (TPSA) is 64.3 Å². The van der Waals surface area contributed by atoms with Crippen LogP contribution in [0.4, 0.5) is 5.69 Å². The lowest BCUT2D eigenvalue weighted by Gasteiger charge is -2.16. The maximum atomic E-state index is 12.2. The van der Waals surface area contributed by atoms with Crippen LogP contribution in [0.5, 0.6) is 5.75 Å². The predicted octanol–water partition coefficient (Wildman–Crippen LogP) is 2.20. The Bertz CT molecular complexity index is 441. The van der Waals surface area contributed by atoms with Gasteiger partial charge in [-0.3, -0.25) is 4.79 Å². The molecular weight excluding hydrogens is 228 g/mol. The summed E-state index contributed by atoms with van der Waals surface area (Å²) in [5.41, 5.74) is 6.73. The van der Waals surface area contributed by atoms with Gasteiger partial charge in [0.25, 0.3) is 5.91 Å². The second-order valence-corrected chi connectivity index (χ2v) is 4.98. The van der Waals surface area contributed by atoms with Crippen molar-refractivity contribution in [1.82, 2.24) is 5.32 Å². The van der Waals surface area contributed by atoms with Gasteiger partial charge in [-0.2, -0.15) is 0 Å². The fourth-order valence-corrected chi connectivity index (χ4v) is 2.17. The van der Waals surface area contributed by atoms with E-state index < -0.39 is 0 Å². The molecule has 1 amide bonds. The van der Waals surface area contributed by atoms with E-state index in [1.807, 2.05) is 6.92 Å². The molecule has 0 spiro atoms. The smallest absolute Gasteiger partial charge is 0.257 e. The van der Waals surface area contributed by atoms with Gasteiger partial charge in [0.1, 0.15) is 11.3 Å². The molecule has 4 nitrogen and oxygen atoms in total. The zero-order valence-electron chi connectivity index (χ0n) is 10.9. The van der Waals surface area contributed by atoms with E-state index in [0.717, 1.165) is 12.3 Å². The number of anilines is 1. The van der Waals surface area contributed by atoms with Crippen LogP contribution in [0.25, 0.3) is 0 Å². The van der Waals surface area contributed by atoms with Crippen LogP contribution in [-0.2, 0) is 0 Å². The molecule has 0 bridgehead atoms. The zero-order chi connectivity index (χ0) is 13.1. The Morgan fingerprint density at radius 1 is 1.56 bits per heavy atom. The van der Waals surface area contributed by atoms with E-state index in [1.165, 1.54) is 12.8 Å². The van der Waals surface area contributed by atoms with Crippen LogP contribution < -0.4 is 15.8 Å². The summed E-state index contributed by atoms with van der Waals surface area (Å²) >= 11 is 0. The number of nitrogen functional groups attached to an aromatic ring is 1. The lowest BCUT2D eigenvalue weighted by molar-refractivity contribution is 0.0935. The summed E-state index contributed by atoms with van der Waals surface area (Å²) in [6, 6.07) is 5.41. The number of rotatable bonds is 5. The predicted molar refractivity (Wildman–Crippen MR) is 71.7 cm³/mol. The standard InChI is InChI=1S/C14H20N2O2/c1-9(8-10-6-7-10)16-14(17)13-11(15)4-3-5-12(13)18-2/h3-5,9-10H,6-8,15H2,1-2H3,(H,16,17). The summed E-state index contributed by atoms with van der Waals surface area (Å²) in [5, 5.41) is 2.98. The summed E-state index contributed by atoms with van der Waals surface area (Å²) in [6.45, 7) is 2.03. The molecule has 1 aliphatic carbocycles. The summed E-state index contributed by atoms with van der Waals surface area (Å²) in [7, 11) is 1.54. The van der Waals surface area contributed by atoms with E-state index in [0.29, 0.717) is 17.0 Å². The fourth-order valence-electron chi connectivity index (χ4n) is 2.17. The number of nitrogens with one attached hydrogen (secondary N) is 1. The van der Waals surface area contributed by atoms with Gasteiger partial charge in [0.2, 0.25) is 0 Å². The first-order valence-electron chi connectivity index (χ1n) is 6.35. The van der Waals surface area contributed by atoms with Crippen molar-refractivity contribution in [2.45, 2.75) is 32.2 Å². The first kappa shape index (κ1) is 12.7. The van der Waals surface area contributed by atoms with Crippen LogP contribution in [0.1, 0.15) is 36.5 Å². The monoisotopic (exact) mass is 248 g/mol. The number of carbonyl (C=O) groups is 1. The molecule has 3 N–H and O–H groups in total. The summed E-state index contributed by atoms with van der Waals surface area (Å²) < 4.78 is 5.18. The van der Waals surface area contributed by atoms with Crippen molar-refractivity contribution in [3.8, 4) is 5.75 Å². The Morgan fingerprint density at radius 3 is 2.89 bits per heavy atom. The number of hydrogen-bond donors (Lipinski definition) is 2. The van der Waals surface area contributed by atoms with Crippen molar-refractivity contribution in [1.29, 1.82) is 0 Å². The second-order valence-electron chi connectivity index (χ2n) is 4.98. The summed E-state index contributed by atoms with van der Waals surface area (Å²) in [4.78, 5) is 12.2. The quantitative estimate of drug-likeness (QED) is 0.785. The van der Waals surface area contributed by atoms with E-state index in [2.05, 4.69) is 5.32 Å². The van der Waals surface area contributed by atoms with Gasteiger partial charge in [0.05, 0.1) is 7.11 Å². The molecule has 1 unspecified atom stereocenters. The minimum Gasteiger partial charge on any atom is -0.496 e. The van der Waals surface area contributed by atoms with Crippen LogP contribution in [0.2, 0.25) is 0 Å². The highest BCUT2D eigenvalue weighted by Crippen LogP contribution is 2.33. The van der Waals surface area contributed by atoms with Gasteiger partial charge in [-0.05, 0) is 31.4 Å². The molecule has 98 valence electrons. The van der Waals surface area contributed by atoms with Crippen LogP contribution in [0.3, 0.4) is 0 Å². The first-order chi connectivity index (χ1) is 8.61. The highest BCUT2D eigenvalue weighted by molar-refractivity contribution is 6.02. The number of carbonyl (C=O) groups excluding carboxylic acids is 1. The second kappa shape index (κ2) is 5.29. The number of benzene rings is 1. The maximum absolute atomic E-state index is 12.2. The molecule has 0 aromatic heterocycles. The van der Waals surface area contributed by atoms with E-state index >= 15 is 0 Å². The van der Waals surface area contributed by atoms with Gasteiger partial charge in [-0.15, -0.1) is 0 Å². The Kier molecular flexibility index (Phi) is 3.75. The Labute approximate surface area is 108 Å². The molecule has 1 saturated carbocycles. The minimum atomic E-state index is -0.155. The van der Waals surface area contributed by atoms with Crippen molar-refractivity contribution in [2.75, 3.05) is 12.8 Å². The zero-order valence-corrected chi connectivity index (χ0v) is 10.9. The minimum absolute atomic E-state index is 0.155. The lowest BCUT2D eigenvalue weighted by atomic mass is 10.1. The summed E-state index contributed by atoms with van der Waals surface area (Å²) in [6.07, 6.45) is 3.62. The summed E-state index contributed by atoms with van der Waals surface area (Å²) in [5.74, 6) is 1.15. The van der Waals surface area contributed by atoms with Crippen molar-refractivity contribution >= 4 is 11.6 Å². The fraction of sp³-hybridized carbons (Fsp3) is 0.500. The third-order valence-electron chi connectivity index (χ3n) is 3.27. The number of ether oxygens (including phenoxy) is 1. The average molecular weight is 248 g/mol. The van der Waals surface area contributed by atoms with Crippen LogP contribution in [0.15, 0.2) is 18.2 Å². The molecule has 1 aromatic carbocycles. The molecule has 1 aromatic rings. The van der Waals surface area contributed by atoms with Crippen molar-refractivity contribution in [3.05, 3.63) is 23.8 Å². The van der Waals surface area contributed by atoms with Gasteiger partial charge in [-0.25, -0.2) is 0 Å². The van der Waals surface area contributed by atoms with E-state index in [1.54, 1.807) is 25.3 Å². The van der Waals surface area contributed by atoms with Crippen molar-refractivity contribution in [3.63, 3.8) is 0 Å². The van der Waals surface area contributed by atoms with E-state index in [9.17, 15) is 4.79 Å². The van der Waals surface area contributed by atoms with E-state index in [4.69, 9.17) is 10.5 Å². The molecule has 0 aliphatic heterocycles. The highest BCUT2D eigenvalue weighted by atomic mass is 16.5. The van der Waals surface area contributed by atoms with Gasteiger partial charge >= 0.3 is 0 Å². The maximum Gasteiger partial charge on any atom is 0.257 e. The molecule has 2 rings (SSSR count). The van der Waals surface area contributed by atoms with E-state index in [-0.39, 0.29) is 11.9 Å². The van der Waals surface area contributed by atoms with Crippen molar-refractivity contribution in [2.24, 2.45) is 5.92 Å². The molecule has 4 heteroatoms. The van der Waals surface area contributed by atoms with Gasteiger partial charge in [0, 0.05) is 11.7 Å². The van der Waals surface area contributed by atoms with Gasteiger partial charge in [-0.1, -0.05) is 18.9 Å². The van der Waals surface area contributed by atoms with Crippen LogP contribution >= 0.6 is 0 Å². The highest BCUT2D eigenvalue weighted by Gasteiger charge is 2.25. The normalized spacial score (nSPS) is 16.1. The molecule has 1 aliphatic rings.